The molecule has 0 fully saturated rings. The summed E-state index contributed by atoms with van der Waals surface area (Å²) < 4.78 is 0. The normalized spacial score (nSPS) is 12.2. The first-order valence-corrected chi connectivity index (χ1v) is 5.54. The van der Waals surface area contributed by atoms with Gasteiger partial charge in [0.2, 0.25) is 11.9 Å². The van der Waals surface area contributed by atoms with Gasteiger partial charge < -0.3 is 5.73 Å². The van der Waals surface area contributed by atoms with Gasteiger partial charge >= 0.3 is 0 Å². The quantitative estimate of drug-likeness (QED) is 0.766. The summed E-state index contributed by atoms with van der Waals surface area (Å²) in [5, 5.41) is 2.89. The van der Waals surface area contributed by atoms with Crippen LogP contribution in [0.5, 0.6) is 0 Å². The zero-order valence-electron chi connectivity index (χ0n) is 9.11. The van der Waals surface area contributed by atoms with Crippen LogP contribution in [0, 0.1) is 5.92 Å². The Morgan fingerprint density at radius 1 is 1.69 bits per heavy atom. The molecule has 0 radical (unpaired) electrons. The van der Waals surface area contributed by atoms with Crippen LogP contribution in [0.2, 0.25) is 5.15 Å². The number of aromatic nitrogens is 2. The Morgan fingerprint density at radius 2 is 2.44 bits per heavy atom. The van der Waals surface area contributed by atoms with Gasteiger partial charge in [-0.2, -0.15) is 0 Å². The molecule has 3 N–H and O–H groups in total. The molecule has 0 bridgehead atoms. The lowest BCUT2D eigenvalue weighted by atomic mass is 10.0. The number of rotatable bonds is 5. The minimum Gasteiger partial charge on any atom is -0.330 e. The molecule has 5 nitrogen and oxygen atoms in total. The summed E-state index contributed by atoms with van der Waals surface area (Å²) in [5.74, 6) is -0.147. The molecular weight excluding hydrogens is 228 g/mol. The van der Waals surface area contributed by atoms with Crippen LogP contribution in [0.15, 0.2) is 12.3 Å². The van der Waals surface area contributed by atoms with E-state index in [1.165, 1.54) is 6.20 Å². The highest BCUT2D eigenvalue weighted by Gasteiger charge is 2.16. The van der Waals surface area contributed by atoms with E-state index in [-0.39, 0.29) is 17.8 Å². The summed E-state index contributed by atoms with van der Waals surface area (Å²) in [6.07, 6.45) is 3.15. The van der Waals surface area contributed by atoms with Gasteiger partial charge in [-0.25, -0.2) is 9.97 Å². The van der Waals surface area contributed by atoms with Crippen LogP contribution < -0.4 is 11.1 Å². The van der Waals surface area contributed by atoms with E-state index >= 15 is 0 Å². The third-order valence-electron chi connectivity index (χ3n) is 2.15. The molecule has 0 aliphatic heterocycles. The van der Waals surface area contributed by atoms with E-state index in [9.17, 15) is 4.79 Å². The van der Waals surface area contributed by atoms with Crippen LogP contribution in [0.3, 0.4) is 0 Å². The number of nitrogens with one attached hydrogen (secondary N) is 1. The molecule has 1 heterocycles. The van der Waals surface area contributed by atoms with Crippen molar-refractivity contribution in [2.75, 3.05) is 11.9 Å². The third kappa shape index (κ3) is 3.75. The zero-order valence-corrected chi connectivity index (χ0v) is 9.87. The van der Waals surface area contributed by atoms with E-state index in [1.54, 1.807) is 6.07 Å². The summed E-state index contributed by atoms with van der Waals surface area (Å²) in [6, 6.07) is 1.55. The molecule has 1 aromatic rings. The van der Waals surface area contributed by atoms with E-state index in [4.69, 9.17) is 17.3 Å². The smallest absolute Gasteiger partial charge is 0.231 e. The highest BCUT2D eigenvalue weighted by Crippen LogP contribution is 2.10. The van der Waals surface area contributed by atoms with Gasteiger partial charge in [-0.3, -0.25) is 10.1 Å². The number of carbonyl (C=O) groups excluding carboxylic acids is 1. The molecule has 1 amide bonds. The van der Waals surface area contributed by atoms with Crippen molar-refractivity contribution in [1.82, 2.24) is 9.97 Å². The van der Waals surface area contributed by atoms with E-state index < -0.39 is 0 Å². The van der Waals surface area contributed by atoms with Crippen LogP contribution in [0.1, 0.15) is 19.8 Å². The van der Waals surface area contributed by atoms with Crippen LogP contribution >= 0.6 is 11.6 Å². The zero-order chi connectivity index (χ0) is 12.0. The molecule has 0 aliphatic rings. The fourth-order valence-electron chi connectivity index (χ4n) is 1.31. The first kappa shape index (κ1) is 12.9. The van der Waals surface area contributed by atoms with Gasteiger partial charge in [-0.1, -0.05) is 24.9 Å². The van der Waals surface area contributed by atoms with Gasteiger partial charge in [0.15, 0.2) is 0 Å². The minimum absolute atomic E-state index is 0.161. The molecule has 0 aliphatic carbocycles. The van der Waals surface area contributed by atoms with Crippen molar-refractivity contribution in [1.29, 1.82) is 0 Å². The summed E-state index contributed by atoms with van der Waals surface area (Å²) in [6.45, 7) is 2.33. The van der Waals surface area contributed by atoms with Gasteiger partial charge in [-0.05, 0) is 12.5 Å². The lowest BCUT2D eigenvalue weighted by Gasteiger charge is -2.12. The van der Waals surface area contributed by atoms with Gasteiger partial charge in [0.1, 0.15) is 5.15 Å². The van der Waals surface area contributed by atoms with Crippen molar-refractivity contribution in [2.45, 2.75) is 19.8 Å². The second-order valence-electron chi connectivity index (χ2n) is 3.41. The van der Waals surface area contributed by atoms with Crippen molar-refractivity contribution >= 4 is 23.5 Å². The first-order valence-electron chi connectivity index (χ1n) is 5.16. The largest absolute Gasteiger partial charge is 0.330 e. The lowest BCUT2D eigenvalue weighted by molar-refractivity contribution is -0.119. The number of halogens is 1. The third-order valence-corrected chi connectivity index (χ3v) is 2.36. The van der Waals surface area contributed by atoms with Crippen LogP contribution in [-0.2, 0) is 4.79 Å². The summed E-state index contributed by atoms with van der Waals surface area (Å²) in [4.78, 5) is 19.5. The first-order chi connectivity index (χ1) is 7.67. The predicted octanol–water partition coefficient (Wildman–Crippen LogP) is 1.44. The summed E-state index contributed by atoms with van der Waals surface area (Å²) >= 11 is 5.68. The van der Waals surface area contributed by atoms with Crippen molar-refractivity contribution < 1.29 is 4.79 Å². The Balaban J connectivity index is 2.62. The molecule has 16 heavy (non-hydrogen) atoms. The number of anilines is 1. The fraction of sp³-hybridized carbons (Fsp3) is 0.500. The SMILES string of the molecule is CCCC(CN)C(=O)Nc1nccc(Cl)n1. The molecule has 0 saturated heterocycles. The van der Waals surface area contributed by atoms with Crippen molar-refractivity contribution in [3.05, 3.63) is 17.4 Å². The molecule has 0 aromatic carbocycles. The molecular formula is C10H15ClN4O. The standard InChI is InChI=1S/C10H15ClN4O/c1-2-3-7(6-12)9(16)15-10-13-5-4-8(11)14-10/h4-5,7H,2-3,6,12H2,1H3,(H,13,14,15,16). The lowest BCUT2D eigenvalue weighted by Crippen LogP contribution is -2.29. The van der Waals surface area contributed by atoms with Gasteiger partial charge in [0.05, 0.1) is 5.92 Å². The Labute approximate surface area is 99.4 Å². The maximum atomic E-state index is 11.7. The van der Waals surface area contributed by atoms with Crippen LogP contribution in [-0.4, -0.2) is 22.4 Å². The van der Waals surface area contributed by atoms with Gasteiger partial charge in [0.25, 0.3) is 0 Å². The van der Waals surface area contributed by atoms with Gasteiger partial charge in [-0.15, -0.1) is 0 Å². The van der Waals surface area contributed by atoms with E-state index in [1.807, 2.05) is 6.92 Å². The van der Waals surface area contributed by atoms with Gasteiger partial charge in [0, 0.05) is 12.7 Å². The molecule has 0 spiro atoms. The number of hydrogen-bond acceptors (Lipinski definition) is 4. The van der Waals surface area contributed by atoms with Crippen LogP contribution in [0.25, 0.3) is 0 Å². The maximum Gasteiger partial charge on any atom is 0.231 e. The number of nitrogens with zero attached hydrogens (tertiary/aromatic N) is 2. The highest BCUT2D eigenvalue weighted by molar-refractivity contribution is 6.29. The van der Waals surface area contributed by atoms with Crippen LogP contribution in [0.4, 0.5) is 5.95 Å². The predicted molar refractivity (Wildman–Crippen MR) is 63.1 cm³/mol. The Bertz CT molecular complexity index is 358. The highest BCUT2D eigenvalue weighted by atomic mass is 35.5. The molecule has 6 heteroatoms. The summed E-state index contributed by atoms with van der Waals surface area (Å²) in [5.41, 5.74) is 5.52. The number of amides is 1. The monoisotopic (exact) mass is 242 g/mol. The number of hydrogen-bond donors (Lipinski definition) is 2. The Kier molecular flexibility index (Phi) is 5.14. The molecule has 1 rings (SSSR count). The molecule has 1 unspecified atom stereocenters. The fourth-order valence-corrected chi connectivity index (χ4v) is 1.45. The molecule has 0 saturated carbocycles. The number of carbonyl (C=O) groups is 1. The summed E-state index contributed by atoms with van der Waals surface area (Å²) in [7, 11) is 0. The second-order valence-corrected chi connectivity index (χ2v) is 3.80. The number of nitrogens with two attached hydrogens (primary N) is 1. The molecule has 88 valence electrons. The minimum atomic E-state index is -0.201. The average Bonchev–Trinajstić information content (AvgIpc) is 2.25. The molecule has 1 aromatic heterocycles. The molecule has 1 atom stereocenters. The second kappa shape index (κ2) is 6.40. The van der Waals surface area contributed by atoms with Crippen molar-refractivity contribution in [3.63, 3.8) is 0 Å². The van der Waals surface area contributed by atoms with E-state index in [0.29, 0.717) is 11.7 Å². The van der Waals surface area contributed by atoms with Crippen molar-refractivity contribution in [3.8, 4) is 0 Å². The topological polar surface area (TPSA) is 80.9 Å². The van der Waals surface area contributed by atoms with Crippen molar-refractivity contribution in [2.24, 2.45) is 11.7 Å². The Hall–Kier alpha value is -1.20. The Morgan fingerprint density at radius 3 is 3.00 bits per heavy atom. The van der Waals surface area contributed by atoms with E-state index in [0.717, 1.165) is 12.8 Å². The van der Waals surface area contributed by atoms with E-state index in [2.05, 4.69) is 15.3 Å². The average molecular weight is 243 g/mol. The maximum absolute atomic E-state index is 11.7.